The second kappa shape index (κ2) is 7.76. The Labute approximate surface area is 146 Å². The molecule has 0 amide bonds. The van der Waals surface area contributed by atoms with E-state index in [2.05, 4.69) is 21.9 Å². The third kappa shape index (κ3) is 4.33. The zero-order valence-corrected chi connectivity index (χ0v) is 14.1. The van der Waals surface area contributed by atoms with Crippen LogP contribution < -0.4 is 0 Å². The molecule has 0 bridgehead atoms. The zero-order valence-electron chi connectivity index (χ0n) is 13.4. The first-order valence-electron chi connectivity index (χ1n) is 8.02. The lowest BCUT2D eigenvalue weighted by Crippen LogP contribution is -2.45. The maximum atomic E-state index is 13.1. The minimum Gasteiger partial charge on any atom is -0.297 e. The summed E-state index contributed by atoms with van der Waals surface area (Å²) in [5.41, 5.74) is 2.84. The van der Waals surface area contributed by atoms with Crippen LogP contribution in [-0.4, -0.2) is 36.0 Å². The van der Waals surface area contributed by atoms with Gasteiger partial charge < -0.3 is 0 Å². The van der Waals surface area contributed by atoms with Gasteiger partial charge in [-0.05, 0) is 35.4 Å². The second-order valence-corrected chi connectivity index (χ2v) is 6.51. The molecule has 0 aromatic heterocycles. The predicted molar refractivity (Wildman–Crippen MR) is 93.1 cm³/mol. The fourth-order valence-electron chi connectivity index (χ4n) is 2.99. The van der Waals surface area contributed by atoms with Crippen LogP contribution in [0.3, 0.4) is 0 Å². The number of nitrogens with zero attached hydrogens (tertiary/aromatic N) is 3. The summed E-state index contributed by atoms with van der Waals surface area (Å²) in [6, 6.07) is 14.5. The Hall–Kier alpha value is -1.93. The van der Waals surface area contributed by atoms with Crippen molar-refractivity contribution in [3.8, 4) is 6.07 Å². The summed E-state index contributed by atoms with van der Waals surface area (Å²) < 4.78 is 13.1. The van der Waals surface area contributed by atoms with E-state index in [4.69, 9.17) is 16.9 Å². The van der Waals surface area contributed by atoms with Crippen molar-refractivity contribution in [2.24, 2.45) is 0 Å². The highest BCUT2D eigenvalue weighted by atomic mass is 35.5. The van der Waals surface area contributed by atoms with E-state index in [1.807, 2.05) is 18.2 Å². The van der Waals surface area contributed by atoms with Crippen LogP contribution in [0.25, 0.3) is 0 Å². The van der Waals surface area contributed by atoms with E-state index in [-0.39, 0.29) is 5.82 Å². The number of hydrogen-bond donors (Lipinski definition) is 0. The van der Waals surface area contributed by atoms with E-state index in [9.17, 15) is 4.39 Å². The monoisotopic (exact) mass is 343 g/mol. The Morgan fingerprint density at radius 2 is 1.71 bits per heavy atom. The number of nitriles is 1. The Morgan fingerprint density at radius 1 is 1.00 bits per heavy atom. The fourth-order valence-corrected chi connectivity index (χ4v) is 3.22. The van der Waals surface area contributed by atoms with Crippen LogP contribution in [0.1, 0.15) is 16.7 Å². The van der Waals surface area contributed by atoms with E-state index in [0.717, 1.165) is 44.8 Å². The quantitative estimate of drug-likeness (QED) is 0.848. The lowest BCUT2D eigenvalue weighted by Gasteiger charge is -2.34. The summed E-state index contributed by atoms with van der Waals surface area (Å²) in [6.45, 7) is 5.44. The van der Waals surface area contributed by atoms with Gasteiger partial charge in [0.1, 0.15) is 5.82 Å². The molecule has 0 saturated carbocycles. The first-order chi connectivity index (χ1) is 11.6. The number of halogens is 2. The van der Waals surface area contributed by atoms with Crippen LogP contribution in [0.2, 0.25) is 5.02 Å². The molecule has 0 N–H and O–H groups in total. The van der Waals surface area contributed by atoms with Gasteiger partial charge in [0.2, 0.25) is 0 Å². The first-order valence-corrected chi connectivity index (χ1v) is 8.39. The van der Waals surface area contributed by atoms with Crippen molar-refractivity contribution in [2.75, 3.05) is 26.2 Å². The number of hydrogen-bond acceptors (Lipinski definition) is 3. The zero-order chi connectivity index (χ0) is 16.9. The molecule has 5 heteroatoms. The maximum Gasteiger partial charge on any atom is 0.124 e. The SMILES string of the molecule is N#Cc1cccc(CN2CCN(Cc3ccc(F)cc3Cl)CC2)c1. The highest BCUT2D eigenvalue weighted by Gasteiger charge is 2.18. The lowest BCUT2D eigenvalue weighted by atomic mass is 10.1. The average molecular weight is 344 g/mol. The third-order valence-corrected chi connectivity index (χ3v) is 4.69. The average Bonchev–Trinajstić information content (AvgIpc) is 2.59. The van der Waals surface area contributed by atoms with E-state index < -0.39 is 0 Å². The van der Waals surface area contributed by atoms with Crippen molar-refractivity contribution in [3.63, 3.8) is 0 Å². The van der Waals surface area contributed by atoms with Crippen molar-refractivity contribution in [2.45, 2.75) is 13.1 Å². The second-order valence-electron chi connectivity index (χ2n) is 6.10. The first kappa shape index (κ1) is 16.9. The Balaban J connectivity index is 1.53. The predicted octanol–water partition coefficient (Wildman–Crippen LogP) is 3.67. The minimum absolute atomic E-state index is 0.298. The van der Waals surface area contributed by atoms with Gasteiger partial charge in [-0.2, -0.15) is 5.26 Å². The molecule has 3 rings (SSSR count). The topological polar surface area (TPSA) is 30.3 Å². The standard InChI is InChI=1S/C19H19ClFN3/c20-19-11-18(21)5-4-17(19)14-24-8-6-23(7-9-24)13-16-3-1-2-15(10-16)12-22/h1-5,10-11H,6-9,13-14H2. The van der Waals surface area contributed by atoms with Gasteiger partial charge in [-0.25, -0.2) is 4.39 Å². The summed E-state index contributed by atoms with van der Waals surface area (Å²) in [6.07, 6.45) is 0. The van der Waals surface area contributed by atoms with Crippen LogP contribution in [0.4, 0.5) is 4.39 Å². The highest BCUT2D eigenvalue weighted by molar-refractivity contribution is 6.31. The van der Waals surface area contributed by atoms with Crippen molar-refractivity contribution in [1.29, 1.82) is 5.26 Å². The maximum absolute atomic E-state index is 13.1. The molecule has 0 atom stereocenters. The van der Waals surface area contributed by atoms with Crippen molar-refractivity contribution in [1.82, 2.24) is 9.80 Å². The largest absolute Gasteiger partial charge is 0.297 e. The van der Waals surface area contributed by atoms with E-state index in [1.54, 1.807) is 6.07 Å². The van der Waals surface area contributed by atoms with Crippen LogP contribution in [-0.2, 0) is 13.1 Å². The molecule has 124 valence electrons. The van der Waals surface area contributed by atoms with Crippen LogP contribution in [0, 0.1) is 17.1 Å². The lowest BCUT2D eigenvalue weighted by molar-refractivity contribution is 0.122. The van der Waals surface area contributed by atoms with Crippen molar-refractivity contribution < 1.29 is 4.39 Å². The third-order valence-electron chi connectivity index (χ3n) is 4.34. The molecule has 3 nitrogen and oxygen atoms in total. The van der Waals surface area contributed by atoms with E-state index >= 15 is 0 Å². The molecule has 1 fully saturated rings. The minimum atomic E-state index is -0.298. The van der Waals surface area contributed by atoms with Crippen LogP contribution in [0.15, 0.2) is 42.5 Å². The fraction of sp³-hybridized carbons (Fsp3) is 0.316. The van der Waals surface area contributed by atoms with Gasteiger partial charge >= 0.3 is 0 Å². The molecule has 24 heavy (non-hydrogen) atoms. The molecular weight excluding hydrogens is 325 g/mol. The number of benzene rings is 2. The summed E-state index contributed by atoms with van der Waals surface area (Å²) in [7, 11) is 0. The van der Waals surface area contributed by atoms with Gasteiger partial charge in [0, 0.05) is 44.3 Å². The Bertz CT molecular complexity index is 749. The molecule has 2 aromatic carbocycles. The summed E-state index contributed by atoms with van der Waals surface area (Å²) >= 11 is 6.11. The van der Waals surface area contributed by atoms with E-state index in [0.29, 0.717) is 10.6 Å². The van der Waals surface area contributed by atoms with Crippen molar-refractivity contribution >= 4 is 11.6 Å². The van der Waals surface area contributed by atoms with Gasteiger partial charge in [0.25, 0.3) is 0 Å². The molecule has 0 unspecified atom stereocenters. The van der Waals surface area contributed by atoms with Crippen molar-refractivity contribution in [3.05, 3.63) is 70.0 Å². The normalized spacial score (nSPS) is 16.0. The molecule has 2 aromatic rings. The van der Waals surface area contributed by atoms with E-state index in [1.165, 1.54) is 17.7 Å². The Kier molecular flexibility index (Phi) is 5.47. The molecule has 1 aliphatic rings. The van der Waals surface area contributed by atoms with Gasteiger partial charge in [-0.15, -0.1) is 0 Å². The van der Waals surface area contributed by atoms with Crippen LogP contribution in [0.5, 0.6) is 0 Å². The molecule has 1 aliphatic heterocycles. The Morgan fingerprint density at radius 3 is 2.38 bits per heavy atom. The highest BCUT2D eigenvalue weighted by Crippen LogP contribution is 2.20. The summed E-state index contributed by atoms with van der Waals surface area (Å²) in [5, 5.41) is 9.47. The molecule has 0 aliphatic carbocycles. The molecule has 0 radical (unpaired) electrons. The number of rotatable bonds is 4. The molecule has 0 spiro atoms. The van der Waals surface area contributed by atoms with Crippen LogP contribution >= 0.6 is 11.6 Å². The van der Waals surface area contributed by atoms with Gasteiger partial charge in [0.05, 0.1) is 11.6 Å². The number of piperazine rings is 1. The van der Waals surface area contributed by atoms with Gasteiger partial charge in [-0.3, -0.25) is 9.80 Å². The molecule has 1 heterocycles. The molecule has 1 saturated heterocycles. The summed E-state index contributed by atoms with van der Waals surface area (Å²) in [4.78, 5) is 4.72. The van der Waals surface area contributed by atoms with Gasteiger partial charge in [0.15, 0.2) is 0 Å². The summed E-state index contributed by atoms with van der Waals surface area (Å²) in [5.74, 6) is -0.298. The molecular formula is C19H19ClFN3. The van der Waals surface area contributed by atoms with Gasteiger partial charge in [-0.1, -0.05) is 29.8 Å². The smallest absolute Gasteiger partial charge is 0.124 e.